The Morgan fingerprint density at radius 2 is 1.80 bits per heavy atom. The second-order valence-corrected chi connectivity index (χ2v) is 6.54. The summed E-state index contributed by atoms with van der Waals surface area (Å²) >= 11 is 0. The molecule has 2 aromatic carbocycles. The lowest BCUT2D eigenvalue weighted by Gasteiger charge is -2.12. The van der Waals surface area contributed by atoms with Gasteiger partial charge in [-0.25, -0.2) is 4.99 Å². The van der Waals surface area contributed by atoms with E-state index in [0.717, 1.165) is 40.9 Å². The van der Waals surface area contributed by atoms with E-state index in [1.165, 1.54) is 5.56 Å². The highest BCUT2D eigenvalue weighted by atomic mass is 16.1. The minimum atomic E-state index is 0.162. The number of ketones is 1. The number of hydrogen-bond donors (Lipinski definition) is 0. The normalized spacial score (nSPS) is 11.1. The molecule has 0 unspecified atom stereocenters. The Kier molecular flexibility index (Phi) is 6.51. The van der Waals surface area contributed by atoms with Crippen molar-refractivity contribution in [3.8, 4) is 0 Å². The highest BCUT2D eigenvalue weighted by molar-refractivity contribution is 5.99. The molecule has 0 N–H and O–H groups in total. The van der Waals surface area contributed by atoms with Gasteiger partial charge in [0, 0.05) is 25.6 Å². The fourth-order valence-corrected chi connectivity index (χ4v) is 2.72. The predicted molar refractivity (Wildman–Crippen MR) is 106 cm³/mol. The van der Waals surface area contributed by atoms with Gasteiger partial charge in [0.1, 0.15) is 0 Å². The number of carbonyl (C=O) groups is 1. The third-order valence-corrected chi connectivity index (χ3v) is 4.50. The SMILES string of the molecule is CCc1cccc(CC(=O)c2cc(C)c(N=CN(C)CC)cc2C)c1. The predicted octanol–water partition coefficient (Wildman–Crippen LogP) is 4.90. The summed E-state index contributed by atoms with van der Waals surface area (Å²) in [7, 11) is 1.99. The minimum absolute atomic E-state index is 0.162. The van der Waals surface area contributed by atoms with Crippen LogP contribution in [0.25, 0.3) is 0 Å². The van der Waals surface area contributed by atoms with Crippen LogP contribution in [0.3, 0.4) is 0 Å². The quantitative estimate of drug-likeness (QED) is 0.409. The molecule has 0 aromatic heterocycles. The standard InChI is InChI=1S/C22H28N2O/c1-6-18-9-8-10-19(13-18)14-22(25)20-11-17(4)21(12-16(20)3)23-15-24(5)7-2/h8-13,15H,6-7,14H2,1-5H3. The lowest BCUT2D eigenvalue weighted by atomic mass is 9.96. The van der Waals surface area contributed by atoms with E-state index in [9.17, 15) is 4.79 Å². The maximum Gasteiger partial charge on any atom is 0.167 e. The third kappa shape index (κ3) is 5.02. The van der Waals surface area contributed by atoms with Gasteiger partial charge in [-0.3, -0.25) is 4.79 Å². The summed E-state index contributed by atoms with van der Waals surface area (Å²) in [6.07, 6.45) is 3.26. The van der Waals surface area contributed by atoms with Gasteiger partial charge in [-0.15, -0.1) is 0 Å². The Hall–Kier alpha value is -2.42. The maximum atomic E-state index is 12.8. The number of hydrogen-bond acceptors (Lipinski definition) is 2. The summed E-state index contributed by atoms with van der Waals surface area (Å²) in [6.45, 7) is 9.11. The summed E-state index contributed by atoms with van der Waals surface area (Å²) in [5.41, 5.74) is 6.06. The lowest BCUT2D eigenvalue weighted by Crippen LogP contribution is -2.14. The van der Waals surface area contributed by atoms with Crippen molar-refractivity contribution in [2.45, 2.75) is 40.5 Å². The zero-order chi connectivity index (χ0) is 18.4. The van der Waals surface area contributed by atoms with Gasteiger partial charge in [0.2, 0.25) is 0 Å². The fourth-order valence-electron chi connectivity index (χ4n) is 2.72. The zero-order valence-electron chi connectivity index (χ0n) is 16.0. The molecule has 0 amide bonds. The highest BCUT2D eigenvalue weighted by Gasteiger charge is 2.12. The van der Waals surface area contributed by atoms with Crippen LogP contribution in [0.15, 0.2) is 41.4 Å². The van der Waals surface area contributed by atoms with E-state index in [1.54, 1.807) is 0 Å². The topological polar surface area (TPSA) is 32.7 Å². The number of benzene rings is 2. The van der Waals surface area contributed by atoms with Gasteiger partial charge in [0.05, 0.1) is 12.0 Å². The third-order valence-electron chi connectivity index (χ3n) is 4.50. The largest absolute Gasteiger partial charge is 0.366 e. The van der Waals surface area contributed by atoms with Crippen molar-refractivity contribution >= 4 is 17.8 Å². The van der Waals surface area contributed by atoms with Crippen molar-refractivity contribution in [1.82, 2.24) is 4.90 Å². The summed E-state index contributed by atoms with van der Waals surface area (Å²) in [6, 6.07) is 12.3. The molecule has 2 aromatic rings. The van der Waals surface area contributed by atoms with E-state index in [-0.39, 0.29) is 5.78 Å². The summed E-state index contributed by atoms with van der Waals surface area (Å²) in [5.74, 6) is 0.162. The molecule has 0 bridgehead atoms. The summed E-state index contributed by atoms with van der Waals surface area (Å²) in [5, 5.41) is 0. The number of Topliss-reactive ketones (excluding diaryl/α,β-unsaturated/α-hetero) is 1. The van der Waals surface area contributed by atoms with Crippen LogP contribution >= 0.6 is 0 Å². The van der Waals surface area contributed by atoms with E-state index in [4.69, 9.17) is 0 Å². The van der Waals surface area contributed by atoms with Gasteiger partial charge in [-0.05, 0) is 61.6 Å². The maximum absolute atomic E-state index is 12.8. The molecule has 25 heavy (non-hydrogen) atoms. The molecule has 3 heteroatoms. The van der Waals surface area contributed by atoms with Crippen LogP contribution in [0.4, 0.5) is 5.69 Å². The van der Waals surface area contributed by atoms with Crippen LogP contribution < -0.4 is 0 Å². The van der Waals surface area contributed by atoms with Gasteiger partial charge in [-0.2, -0.15) is 0 Å². The Bertz CT molecular complexity index is 778. The Balaban J connectivity index is 2.22. The van der Waals surface area contributed by atoms with Gasteiger partial charge < -0.3 is 4.90 Å². The Morgan fingerprint density at radius 1 is 1.08 bits per heavy atom. The number of aliphatic imine (C=N–C) groups is 1. The van der Waals surface area contributed by atoms with E-state index >= 15 is 0 Å². The van der Waals surface area contributed by atoms with E-state index < -0.39 is 0 Å². The van der Waals surface area contributed by atoms with E-state index in [2.05, 4.69) is 31.0 Å². The average molecular weight is 336 g/mol. The molecule has 0 spiro atoms. The molecule has 2 rings (SSSR count). The van der Waals surface area contributed by atoms with Crippen LogP contribution in [0.5, 0.6) is 0 Å². The molecule has 0 fully saturated rings. The van der Waals surface area contributed by atoms with Gasteiger partial charge in [-0.1, -0.05) is 31.2 Å². The number of carbonyl (C=O) groups excluding carboxylic acids is 1. The lowest BCUT2D eigenvalue weighted by molar-refractivity contribution is 0.0992. The van der Waals surface area contributed by atoms with Crippen molar-refractivity contribution in [3.05, 3.63) is 64.2 Å². The van der Waals surface area contributed by atoms with Crippen molar-refractivity contribution in [3.63, 3.8) is 0 Å². The van der Waals surface area contributed by atoms with Gasteiger partial charge >= 0.3 is 0 Å². The van der Waals surface area contributed by atoms with Crippen LogP contribution in [-0.2, 0) is 12.8 Å². The molecule has 0 aliphatic carbocycles. The monoisotopic (exact) mass is 336 g/mol. The van der Waals surface area contributed by atoms with Crippen LogP contribution in [0.1, 0.15) is 46.5 Å². The van der Waals surface area contributed by atoms with Crippen LogP contribution in [-0.4, -0.2) is 30.6 Å². The Morgan fingerprint density at radius 3 is 2.48 bits per heavy atom. The molecule has 0 aliphatic rings. The first-order valence-corrected chi connectivity index (χ1v) is 8.91. The first-order valence-electron chi connectivity index (χ1n) is 8.91. The first-order chi connectivity index (χ1) is 11.9. The van der Waals surface area contributed by atoms with Crippen molar-refractivity contribution in [2.75, 3.05) is 13.6 Å². The van der Waals surface area contributed by atoms with Gasteiger partial charge in [0.15, 0.2) is 5.78 Å². The molecule has 0 saturated carbocycles. The number of rotatable bonds is 7. The second-order valence-electron chi connectivity index (χ2n) is 6.54. The molecule has 0 heterocycles. The van der Waals surface area contributed by atoms with Crippen molar-refractivity contribution in [2.24, 2.45) is 4.99 Å². The molecule has 0 saturated heterocycles. The molecule has 0 aliphatic heterocycles. The zero-order valence-corrected chi connectivity index (χ0v) is 16.0. The summed E-state index contributed by atoms with van der Waals surface area (Å²) < 4.78 is 0. The second kappa shape index (κ2) is 8.61. The highest BCUT2D eigenvalue weighted by Crippen LogP contribution is 2.24. The molecular formula is C22H28N2O. The molecular weight excluding hydrogens is 308 g/mol. The van der Waals surface area contributed by atoms with E-state index in [0.29, 0.717) is 6.42 Å². The fraction of sp³-hybridized carbons (Fsp3) is 0.364. The molecule has 132 valence electrons. The van der Waals surface area contributed by atoms with Gasteiger partial charge in [0.25, 0.3) is 0 Å². The molecule has 0 atom stereocenters. The van der Waals surface area contributed by atoms with Crippen molar-refractivity contribution < 1.29 is 4.79 Å². The van der Waals surface area contributed by atoms with Crippen LogP contribution in [0, 0.1) is 13.8 Å². The minimum Gasteiger partial charge on any atom is -0.366 e. The molecule has 3 nitrogen and oxygen atoms in total. The van der Waals surface area contributed by atoms with Crippen LogP contribution in [0.2, 0.25) is 0 Å². The number of aryl methyl sites for hydroxylation is 3. The molecule has 0 radical (unpaired) electrons. The first kappa shape index (κ1) is 18.9. The van der Waals surface area contributed by atoms with E-state index in [1.807, 2.05) is 56.4 Å². The Labute approximate surface area is 151 Å². The average Bonchev–Trinajstić information content (AvgIpc) is 2.61. The van der Waals surface area contributed by atoms with Crippen molar-refractivity contribution in [1.29, 1.82) is 0 Å². The smallest absolute Gasteiger partial charge is 0.167 e. The summed E-state index contributed by atoms with van der Waals surface area (Å²) in [4.78, 5) is 19.3. The number of nitrogens with zero attached hydrogens (tertiary/aromatic N) is 2.